The van der Waals surface area contributed by atoms with E-state index in [1.165, 1.54) is 11.1 Å². The quantitative estimate of drug-likeness (QED) is 0.407. The van der Waals surface area contributed by atoms with E-state index in [1.807, 2.05) is 61.0 Å². The minimum Gasteiger partial charge on any atom is -0.360 e. The van der Waals surface area contributed by atoms with E-state index in [0.717, 1.165) is 16.5 Å². The molecule has 2 aromatic heterocycles. The molecule has 164 valence electrons. The molecule has 0 radical (unpaired) electrons. The molecule has 2 aromatic carbocycles. The number of hydrogen-bond acceptors (Lipinski definition) is 6. The van der Waals surface area contributed by atoms with Crippen LogP contribution >= 0.6 is 11.8 Å². The van der Waals surface area contributed by atoms with Crippen LogP contribution in [0.5, 0.6) is 0 Å². The Morgan fingerprint density at radius 1 is 1.09 bits per heavy atom. The van der Waals surface area contributed by atoms with Crippen LogP contribution in [0, 0.1) is 13.8 Å². The van der Waals surface area contributed by atoms with Crippen molar-refractivity contribution in [3.8, 4) is 11.3 Å². The van der Waals surface area contributed by atoms with Gasteiger partial charge in [-0.15, -0.1) is 10.2 Å². The van der Waals surface area contributed by atoms with Crippen molar-refractivity contribution >= 4 is 17.7 Å². The normalized spacial score (nSPS) is 12.0. The lowest BCUT2D eigenvalue weighted by molar-refractivity contribution is 0.0936. The van der Waals surface area contributed by atoms with E-state index in [4.69, 9.17) is 4.52 Å². The number of carbonyl (C=O) groups excluding carboxylic acids is 1. The molecule has 4 aromatic rings. The summed E-state index contributed by atoms with van der Waals surface area (Å²) in [6.07, 6.45) is 0. The Balaban J connectivity index is 1.48. The highest BCUT2D eigenvalue weighted by atomic mass is 32.2. The molecule has 0 saturated heterocycles. The first kappa shape index (κ1) is 21.8. The molecule has 0 aliphatic rings. The second-order valence-corrected chi connectivity index (χ2v) is 8.58. The molecule has 1 unspecified atom stereocenters. The molecule has 7 nitrogen and oxygen atoms in total. The summed E-state index contributed by atoms with van der Waals surface area (Å²) >= 11 is 1.62. The van der Waals surface area contributed by atoms with Crippen LogP contribution in [-0.4, -0.2) is 25.8 Å². The average molecular weight is 448 g/mol. The third-order valence-electron chi connectivity index (χ3n) is 5.36. The van der Waals surface area contributed by atoms with Gasteiger partial charge >= 0.3 is 0 Å². The number of hydrogen-bond donors (Lipinski definition) is 1. The molecular weight excluding hydrogens is 422 g/mol. The van der Waals surface area contributed by atoms with E-state index in [-0.39, 0.29) is 11.9 Å². The highest BCUT2D eigenvalue weighted by Gasteiger charge is 2.25. The number of aromatic nitrogens is 4. The Labute approximate surface area is 191 Å². The summed E-state index contributed by atoms with van der Waals surface area (Å²) in [6.45, 7) is 5.73. The molecule has 1 N–H and O–H groups in total. The molecule has 4 rings (SSSR count). The van der Waals surface area contributed by atoms with E-state index in [2.05, 4.69) is 39.7 Å². The largest absolute Gasteiger partial charge is 0.360 e. The van der Waals surface area contributed by atoms with Crippen molar-refractivity contribution in [1.29, 1.82) is 0 Å². The predicted molar refractivity (Wildman–Crippen MR) is 124 cm³/mol. The van der Waals surface area contributed by atoms with Crippen molar-refractivity contribution in [2.45, 2.75) is 37.7 Å². The Hall–Kier alpha value is -3.39. The van der Waals surface area contributed by atoms with Crippen molar-refractivity contribution in [1.82, 2.24) is 25.2 Å². The number of amides is 1. The van der Waals surface area contributed by atoms with E-state index in [9.17, 15) is 4.79 Å². The number of thioether (sulfide) groups is 1. The van der Waals surface area contributed by atoms with E-state index in [0.29, 0.717) is 22.8 Å². The van der Waals surface area contributed by atoms with Crippen LogP contribution in [0.15, 0.2) is 64.3 Å². The Morgan fingerprint density at radius 2 is 1.81 bits per heavy atom. The molecule has 0 aliphatic heterocycles. The van der Waals surface area contributed by atoms with Crippen molar-refractivity contribution in [3.05, 3.63) is 82.9 Å². The lowest BCUT2D eigenvalue weighted by atomic mass is 10.1. The number of aryl methyl sites for hydroxylation is 2. The van der Waals surface area contributed by atoms with Gasteiger partial charge in [0.05, 0.1) is 6.04 Å². The fourth-order valence-corrected chi connectivity index (χ4v) is 4.50. The van der Waals surface area contributed by atoms with Gasteiger partial charge in [0, 0.05) is 18.4 Å². The van der Waals surface area contributed by atoms with E-state index >= 15 is 0 Å². The van der Waals surface area contributed by atoms with Gasteiger partial charge in [-0.3, -0.25) is 4.79 Å². The highest BCUT2D eigenvalue weighted by Crippen LogP contribution is 2.27. The Kier molecular flexibility index (Phi) is 6.41. The molecule has 0 aliphatic carbocycles. The third kappa shape index (κ3) is 4.45. The summed E-state index contributed by atoms with van der Waals surface area (Å²) in [7, 11) is 1.91. The summed E-state index contributed by atoms with van der Waals surface area (Å²) in [5.41, 5.74) is 4.30. The number of rotatable bonds is 7. The minimum absolute atomic E-state index is 0.257. The smallest absolute Gasteiger partial charge is 0.257 e. The Bertz CT molecular complexity index is 1230. The monoisotopic (exact) mass is 447 g/mol. The molecule has 0 fully saturated rings. The van der Waals surface area contributed by atoms with Gasteiger partial charge in [-0.2, -0.15) is 0 Å². The number of nitrogens with zero attached hydrogens (tertiary/aromatic N) is 4. The first-order valence-electron chi connectivity index (χ1n) is 10.3. The molecule has 0 bridgehead atoms. The summed E-state index contributed by atoms with van der Waals surface area (Å²) in [4.78, 5) is 13.1. The van der Waals surface area contributed by atoms with Gasteiger partial charge in [-0.25, -0.2) is 0 Å². The van der Waals surface area contributed by atoms with Gasteiger partial charge < -0.3 is 14.4 Å². The van der Waals surface area contributed by atoms with Crippen molar-refractivity contribution in [2.75, 3.05) is 0 Å². The van der Waals surface area contributed by atoms with Crippen molar-refractivity contribution in [3.63, 3.8) is 0 Å². The van der Waals surface area contributed by atoms with Crippen LogP contribution in [0.1, 0.15) is 46.0 Å². The number of carbonyl (C=O) groups is 1. The zero-order valence-corrected chi connectivity index (χ0v) is 19.3. The van der Waals surface area contributed by atoms with Crippen LogP contribution in [-0.2, 0) is 12.8 Å². The maximum atomic E-state index is 13.1. The summed E-state index contributed by atoms with van der Waals surface area (Å²) in [6, 6.07) is 17.5. The van der Waals surface area contributed by atoms with Crippen LogP contribution < -0.4 is 5.32 Å². The van der Waals surface area contributed by atoms with E-state index in [1.54, 1.807) is 18.7 Å². The van der Waals surface area contributed by atoms with Crippen LogP contribution in [0.4, 0.5) is 0 Å². The van der Waals surface area contributed by atoms with Gasteiger partial charge in [0.1, 0.15) is 17.0 Å². The van der Waals surface area contributed by atoms with Crippen LogP contribution in [0.2, 0.25) is 0 Å². The van der Waals surface area contributed by atoms with Crippen molar-refractivity contribution < 1.29 is 9.32 Å². The van der Waals surface area contributed by atoms with Gasteiger partial charge in [0.25, 0.3) is 5.91 Å². The first-order chi connectivity index (χ1) is 15.5. The standard InChI is InChI=1S/C24H25N5O2S/c1-15-10-8-9-13-19(15)14-32-24-27-26-22(29(24)4)16(2)25-23(30)20-17(3)31-28-21(20)18-11-6-5-7-12-18/h5-13,16H,14H2,1-4H3,(H,25,30). The number of nitrogens with one attached hydrogen (secondary N) is 1. The second kappa shape index (κ2) is 9.40. The summed E-state index contributed by atoms with van der Waals surface area (Å²) < 4.78 is 7.25. The molecule has 0 saturated carbocycles. The topological polar surface area (TPSA) is 85.8 Å². The molecule has 1 atom stereocenters. The van der Waals surface area contributed by atoms with Gasteiger partial charge in [0.15, 0.2) is 11.0 Å². The molecule has 8 heteroatoms. The van der Waals surface area contributed by atoms with Crippen molar-refractivity contribution in [2.24, 2.45) is 7.05 Å². The van der Waals surface area contributed by atoms with Gasteiger partial charge in [-0.1, -0.05) is 71.5 Å². The summed E-state index contributed by atoms with van der Waals surface area (Å²) in [5, 5.41) is 16.6. The maximum absolute atomic E-state index is 13.1. The lowest BCUT2D eigenvalue weighted by Gasteiger charge is -2.14. The average Bonchev–Trinajstić information content (AvgIpc) is 3.36. The zero-order valence-electron chi connectivity index (χ0n) is 18.5. The zero-order chi connectivity index (χ0) is 22.7. The molecule has 0 spiro atoms. The first-order valence-corrected chi connectivity index (χ1v) is 11.3. The highest BCUT2D eigenvalue weighted by molar-refractivity contribution is 7.98. The predicted octanol–water partition coefficient (Wildman–Crippen LogP) is 4.87. The van der Waals surface area contributed by atoms with E-state index < -0.39 is 0 Å². The maximum Gasteiger partial charge on any atom is 0.257 e. The molecule has 32 heavy (non-hydrogen) atoms. The number of benzene rings is 2. The third-order valence-corrected chi connectivity index (χ3v) is 6.43. The fraction of sp³-hybridized carbons (Fsp3) is 0.250. The summed E-state index contributed by atoms with van der Waals surface area (Å²) in [5.74, 6) is 1.70. The van der Waals surface area contributed by atoms with Gasteiger partial charge in [-0.05, 0) is 31.9 Å². The van der Waals surface area contributed by atoms with Crippen LogP contribution in [0.25, 0.3) is 11.3 Å². The molecule has 2 heterocycles. The minimum atomic E-state index is -0.342. The van der Waals surface area contributed by atoms with Crippen LogP contribution in [0.3, 0.4) is 0 Å². The lowest BCUT2D eigenvalue weighted by Crippen LogP contribution is -2.29. The Morgan fingerprint density at radius 3 is 2.56 bits per heavy atom. The SMILES string of the molecule is Cc1ccccc1CSc1nnc(C(C)NC(=O)c2c(-c3ccccc3)noc2C)n1C. The molecule has 1 amide bonds. The van der Waals surface area contributed by atoms with Gasteiger partial charge in [0.2, 0.25) is 0 Å². The molecular formula is C24H25N5O2S. The second-order valence-electron chi connectivity index (χ2n) is 7.64. The fourth-order valence-electron chi connectivity index (χ4n) is 3.51.